The van der Waals surface area contributed by atoms with Crippen LogP contribution in [0.15, 0.2) is 42.5 Å². The van der Waals surface area contributed by atoms with Crippen LogP contribution < -0.4 is 4.90 Å². The van der Waals surface area contributed by atoms with Crippen LogP contribution in [-0.2, 0) is 6.18 Å². The SMILES string of the molecule is CCCN1c2ccc(/C=C(\C#N)c3cccc(C(F)(F)F)c3)cc2C(C)CC1(C)C. The summed E-state index contributed by atoms with van der Waals surface area (Å²) in [7, 11) is 0. The molecular formula is C25H27F3N2. The van der Waals surface area contributed by atoms with E-state index in [0.717, 1.165) is 37.1 Å². The van der Waals surface area contributed by atoms with Crippen molar-refractivity contribution in [2.24, 2.45) is 0 Å². The van der Waals surface area contributed by atoms with Crippen LogP contribution in [0.2, 0.25) is 0 Å². The monoisotopic (exact) mass is 412 g/mol. The zero-order valence-electron chi connectivity index (χ0n) is 17.8. The molecule has 1 aliphatic heterocycles. The molecule has 0 fully saturated rings. The molecule has 30 heavy (non-hydrogen) atoms. The predicted octanol–water partition coefficient (Wildman–Crippen LogP) is 7.27. The molecule has 1 aliphatic rings. The standard InChI is InChI=1S/C25H27F3N2/c1-5-11-30-23-10-9-18(13-22(23)17(2)15-24(30,3)4)12-20(16-29)19-7-6-8-21(14-19)25(26,27)28/h6-10,12-14,17H,5,11,15H2,1-4H3/b20-12+. The number of halogens is 3. The van der Waals surface area contributed by atoms with Crippen LogP contribution in [-0.4, -0.2) is 12.1 Å². The van der Waals surface area contributed by atoms with Crippen LogP contribution in [0.4, 0.5) is 18.9 Å². The number of anilines is 1. The van der Waals surface area contributed by atoms with Crippen molar-refractivity contribution < 1.29 is 13.2 Å². The maximum absolute atomic E-state index is 13.0. The Balaban J connectivity index is 2.02. The van der Waals surface area contributed by atoms with E-state index in [9.17, 15) is 18.4 Å². The van der Waals surface area contributed by atoms with Gasteiger partial charge in [0.25, 0.3) is 0 Å². The highest BCUT2D eigenvalue weighted by Crippen LogP contribution is 2.44. The first-order valence-corrected chi connectivity index (χ1v) is 10.3. The van der Waals surface area contributed by atoms with Gasteiger partial charge in [0.15, 0.2) is 0 Å². The third-order valence-corrected chi connectivity index (χ3v) is 5.79. The summed E-state index contributed by atoms with van der Waals surface area (Å²) in [4.78, 5) is 2.44. The Morgan fingerprint density at radius 2 is 1.97 bits per heavy atom. The number of alkyl halides is 3. The van der Waals surface area contributed by atoms with Gasteiger partial charge in [-0.05, 0) is 79.6 Å². The van der Waals surface area contributed by atoms with Crippen molar-refractivity contribution in [3.8, 4) is 6.07 Å². The van der Waals surface area contributed by atoms with Crippen LogP contribution in [0.3, 0.4) is 0 Å². The van der Waals surface area contributed by atoms with Gasteiger partial charge in [-0.25, -0.2) is 0 Å². The molecule has 0 aromatic heterocycles. The summed E-state index contributed by atoms with van der Waals surface area (Å²) >= 11 is 0. The number of hydrogen-bond donors (Lipinski definition) is 0. The fourth-order valence-electron chi connectivity index (χ4n) is 4.46. The molecule has 5 heteroatoms. The molecular weight excluding hydrogens is 385 g/mol. The fraction of sp³-hybridized carbons (Fsp3) is 0.400. The van der Waals surface area contributed by atoms with E-state index in [1.54, 1.807) is 6.08 Å². The van der Waals surface area contributed by atoms with Crippen LogP contribution in [0, 0.1) is 11.3 Å². The Hall–Kier alpha value is -2.74. The first-order chi connectivity index (χ1) is 14.1. The number of rotatable bonds is 4. The minimum absolute atomic E-state index is 0.0651. The number of nitriles is 1. The van der Waals surface area contributed by atoms with E-state index in [2.05, 4.69) is 50.8 Å². The third-order valence-electron chi connectivity index (χ3n) is 5.79. The summed E-state index contributed by atoms with van der Waals surface area (Å²) in [6.45, 7) is 9.86. The first kappa shape index (κ1) is 22.0. The second kappa shape index (κ2) is 8.18. The lowest BCUT2D eigenvalue weighted by Crippen LogP contribution is -2.48. The zero-order chi connectivity index (χ0) is 22.1. The summed E-state index contributed by atoms with van der Waals surface area (Å²) in [5, 5.41) is 9.60. The van der Waals surface area contributed by atoms with E-state index in [4.69, 9.17) is 0 Å². The average molecular weight is 412 g/mol. The lowest BCUT2D eigenvalue weighted by molar-refractivity contribution is -0.137. The lowest BCUT2D eigenvalue weighted by Gasteiger charge is -2.47. The quantitative estimate of drug-likeness (QED) is 0.390. The third kappa shape index (κ3) is 4.38. The Labute approximate surface area is 176 Å². The van der Waals surface area contributed by atoms with E-state index in [0.29, 0.717) is 5.92 Å². The molecule has 2 nitrogen and oxygen atoms in total. The normalized spacial score (nSPS) is 18.7. The van der Waals surface area contributed by atoms with E-state index >= 15 is 0 Å². The Kier molecular flexibility index (Phi) is 5.99. The zero-order valence-corrected chi connectivity index (χ0v) is 17.8. The van der Waals surface area contributed by atoms with E-state index in [1.165, 1.54) is 23.4 Å². The Bertz CT molecular complexity index is 996. The van der Waals surface area contributed by atoms with Crippen LogP contribution >= 0.6 is 0 Å². The van der Waals surface area contributed by atoms with Gasteiger partial charge in [-0.3, -0.25) is 0 Å². The summed E-state index contributed by atoms with van der Waals surface area (Å²) in [5.74, 6) is 0.357. The second-order valence-corrected chi connectivity index (χ2v) is 8.64. The second-order valence-electron chi connectivity index (χ2n) is 8.64. The molecule has 0 bridgehead atoms. The molecule has 3 rings (SSSR count). The maximum atomic E-state index is 13.0. The molecule has 0 spiro atoms. The fourth-order valence-corrected chi connectivity index (χ4v) is 4.46. The van der Waals surface area contributed by atoms with Crippen molar-refractivity contribution in [3.05, 3.63) is 64.7 Å². The van der Waals surface area contributed by atoms with Gasteiger partial charge in [-0.1, -0.05) is 32.0 Å². The molecule has 158 valence electrons. The van der Waals surface area contributed by atoms with E-state index in [1.807, 2.05) is 6.07 Å². The lowest BCUT2D eigenvalue weighted by atomic mass is 9.79. The summed E-state index contributed by atoms with van der Waals surface area (Å²) in [5.41, 5.74) is 3.05. The molecule has 2 aromatic rings. The van der Waals surface area contributed by atoms with Crippen molar-refractivity contribution in [2.45, 2.75) is 58.2 Å². The Morgan fingerprint density at radius 3 is 2.60 bits per heavy atom. The van der Waals surface area contributed by atoms with Crippen molar-refractivity contribution in [1.82, 2.24) is 0 Å². The largest absolute Gasteiger partial charge is 0.416 e. The van der Waals surface area contributed by atoms with Crippen molar-refractivity contribution in [1.29, 1.82) is 5.26 Å². The molecule has 1 heterocycles. The van der Waals surface area contributed by atoms with Gasteiger partial charge >= 0.3 is 6.18 Å². The van der Waals surface area contributed by atoms with Crippen molar-refractivity contribution >= 4 is 17.3 Å². The van der Waals surface area contributed by atoms with Crippen molar-refractivity contribution in [3.63, 3.8) is 0 Å². The van der Waals surface area contributed by atoms with Gasteiger partial charge < -0.3 is 4.90 Å². The minimum atomic E-state index is -4.44. The molecule has 0 aliphatic carbocycles. The van der Waals surface area contributed by atoms with Gasteiger partial charge in [0, 0.05) is 17.8 Å². The number of fused-ring (bicyclic) bond motifs is 1. The number of allylic oxidation sites excluding steroid dienone is 1. The van der Waals surface area contributed by atoms with E-state index in [-0.39, 0.29) is 16.7 Å². The number of nitrogens with zero attached hydrogens (tertiary/aromatic N) is 2. The topological polar surface area (TPSA) is 27.0 Å². The number of benzene rings is 2. The molecule has 1 unspecified atom stereocenters. The molecule has 0 saturated carbocycles. The van der Waals surface area contributed by atoms with Gasteiger partial charge in [-0.15, -0.1) is 0 Å². The summed E-state index contributed by atoms with van der Waals surface area (Å²) in [6, 6.07) is 13.1. The summed E-state index contributed by atoms with van der Waals surface area (Å²) < 4.78 is 39.1. The highest BCUT2D eigenvalue weighted by molar-refractivity contribution is 5.90. The molecule has 0 amide bonds. The van der Waals surface area contributed by atoms with Gasteiger partial charge in [-0.2, -0.15) is 18.4 Å². The summed E-state index contributed by atoms with van der Waals surface area (Å²) in [6.07, 6.45) is -0.696. The molecule has 1 atom stereocenters. The van der Waals surface area contributed by atoms with Gasteiger partial charge in [0.1, 0.15) is 0 Å². The predicted molar refractivity (Wildman–Crippen MR) is 116 cm³/mol. The molecule has 0 N–H and O–H groups in total. The van der Waals surface area contributed by atoms with E-state index < -0.39 is 11.7 Å². The highest BCUT2D eigenvalue weighted by Gasteiger charge is 2.35. The van der Waals surface area contributed by atoms with Crippen LogP contribution in [0.5, 0.6) is 0 Å². The molecule has 0 radical (unpaired) electrons. The van der Waals surface area contributed by atoms with Gasteiger partial charge in [0.2, 0.25) is 0 Å². The molecule has 0 saturated heterocycles. The highest BCUT2D eigenvalue weighted by atomic mass is 19.4. The average Bonchev–Trinajstić information content (AvgIpc) is 2.68. The number of hydrogen-bond acceptors (Lipinski definition) is 2. The minimum Gasteiger partial charge on any atom is -0.366 e. The smallest absolute Gasteiger partial charge is 0.366 e. The Morgan fingerprint density at radius 1 is 1.23 bits per heavy atom. The van der Waals surface area contributed by atoms with Crippen LogP contribution in [0.25, 0.3) is 11.6 Å². The molecule has 2 aromatic carbocycles. The van der Waals surface area contributed by atoms with Crippen molar-refractivity contribution in [2.75, 3.05) is 11.4 Å². The van der Waals surface area contributed by atoms with Gasteiger partial charge in [0.05, 0.1) is 17.2 Å². The first-order valence-electron chi connectivity index (χ1n) is 10.3. The van der Waals surface area contributed by atoms with Crippen LogP contribution in [0.1, 0.15) is 68.7 Å². The maximum Gasteiger partial charge on any atom is 0.416 e.